The second-order valence-electron chi connectivity index (χ2n) is 4.48. The highest BCUT2D eigenvalue weighted by atomic mass is 32.1. The molecule has 4 nitrogen and oxygen atoms in total. The summed E-state index contributed by atoms with van der Waals surface area (Å²) in [5.41, 5.74) is 1.66. The summed E-state index contributed by atoms with van der Waals surface area (Å²) in [6.45, 7) is 1.01. The minimum Gasteiger partial charge on any atom is -0.352 e. The van der Waals surface area contributed by atoms with Crippen LogP contribution in [0.15, 0.2) is 42.1 Å². The monoisotopic (exact) mass is 271 g/mol. The van der Waals surface area contributed by atoms with Crippen molar-refractivity contribution in [3.8, 4) is 0 Å². The molecule has 0 spiro atoms. The molecule has 2 aliphatic rings. The zero-order valence-corrected chi connectivity index (χ0v) is 11.1. The van der Waals surface area contributed by atoms with Crippen LogP contribution in [0.3, 0.4) is 0 Å². The fraction of sp³-hybridized carbons (Fsp3) is 0.214. The van der Waals surface area contributed by atoms with Gasteiger partial charge in [0.05, 0.1) is 12.2 Å². The number of amides is 1. The molecule has 2 heterocycles. The van der Waals surface area contributed by atoms with Crippen LogP contribution < -0.4 is 5.32 Å². The summed E-state index contributed by atoms with van der Waals surface area (Å²) >= 11 is 5.32. The van der Waals surface area contributed by atoms with E-state index in [0.717, 1.165) is 16.9 Å². The molecule has 0 fully saturated rings. The first-order valence-electron chi connectivity index (χ1n) is 6.13. The van der Waals surface area contributed by atoms with E-state index < -0.39 is 0 Å². The molecule has 1 aliphatic heterocycles. The van der Waals surface area contributed by atoms with Gasteiger partial charge in [-0.1, -0.05) is 30.4 Å². The number of hydrogen-bond acceptors (Lipinski definition) is 4. The molecule has 19 heavy (non-hydrogen) atoms. The van der Waals surface area contributed by atoms with Gasteiger partial charge in [-0.25, -0.2) is 4.98 Å². The van der Waals surface area contributed by atoms with E-state index >= 15 is 0 Å². The molecule has 96 valence electrons. The Bertz CT molecular complexity index is 606. The van der Waals surface area contributed by atoms with Crippen molar-refractivity contribution in [3.05, 3.63) is 47.7 Å². The third kappa shape index (κ3) is 2.29. The lowest BCUT2D eigenvalue weighted by Crippen LogP contribution is -2.42. The fourth-order valence-electron chi connectivity index (χ4n) is 2.19. The Morgan fingerprint density at radius 3 is 3.21 bits per heavy atom. The lowest BCUT2D eigenvalue weighted by atomic mass is 10.0. The van der Waals surface area contributed by atoms with Gasteiger partial charge in [0, 0.05) is 24.0 Å². The predicted molar refractivity (Wildman–Crippen MR) is 78.2 cm³/mol. The molecule has 5 heteroatoms. The minimum absolute atomic E-state index is 0.0000954. The maximum absolute atomic E-state index is 12.4. The van der Waals surface area contributed by atoms with E-state index in [0.29, 0.717) is 24.6 Å². The normalized spacial score (nSPS) is 17.9. The second-order valence-corrected chi connectivity index (χ2v) is 4.98. The number of thiocarbonyl (C=S) groups is 1. The molecule has 0 radical (unpaired) electrons. The number of pyridine rings is 1. The van der Waals surface area contributed by atoms with E-state index in [9.17, 15) is 4.79 Å². The number of allylic oxidation sites excluding steroid dienone is 3. The number of anilines is 1. The predicted octanol–water partition coefficient (Wildman–Crippen LogP) is 2.16. The molecule has 1 aliphatic carbocycles. The molecule has 0 aromatic carbocycles. The van der Waals surface area contributed by atoms with E-state index in [-0.39, 0.29) is 5.91 Å². The number of fused-ring (bicyclic) bond motifs is 1. The summed E-state index contributed by atoms with van der Waals surface area (Å²) in [7, 11) is 0. The van der Waals surface area contributed by atoms with Crippen molar-refractivity contribution in [1.82, 2.24) is 9.88 Å². The van der Waals surface area contributed by atoms with Crippen LogP contribution in [0.5, 0.6) is 0 Å². The van der Waals surface area contributed by atoms with Gasteiger partial charge in [0.1, 0.15) is 5.82 Å². The van der Waals surface area contributed by atoms with Crippen LogP contribution in [0.25, 0.3) is 0 Å². The number of aromatic nitrogens is 1. The van der Waals surface area contributed by atoms with Crippen LogP contribution in [0.2, 0.25) is 0 Å². The van der Waals surface area contributed by atoms with E-state index in [4.69, 9.17) is 12.2 Å². The summed E-state index contributed by atoms with van der Waals surface area (Å²) < 4.78 is 0. The standard InChI is InChI=1S/C14H13N3OS/c18-14-11-5-3-7-15-13(11)16-9-17(14)8-10-4-1-2-6-12(10)19/h1-5,7H,6,8-9H2,(H,15,16). The van der Waals surface area contributed by atoms with Gasteiger partial charge in [0.2, 0.25) is 0 Å². The average molecular weight is 271 g/mol. The molecule has 1 N–H and O–H groups in total. The number of nitrogens with zero attached hydrogens (tertiary/aromatic N) is 2. The van der Waals surface area contributed by atoms with Gasteiger partial charge in [-0.05, 0) is 17.7 Å². The van der Waals surface area contributed by atoms with Gasteiger partial charge >= 0.3 is 0 Å². The van der Waals surface area contributed by atoms with E-state index in [1.807, 2.05) is 18.2 Å². The molecule has 1 aromatic heterocycles. The fourth-order valence-corrected chi connectivity index (χ4v) is 2.42. The molecular formula is C14H13N3OS. The largest absolute Gasteiger partial charge is 0.352 e. The first-order chi connectivity index (χ1) is 9.25. The quantitative estimate of drug-likeness (QED) is 0.837. The Hall–Kier alpha value is -2.01. The third-order valence-electron chi connectivity index (χ3n) is 3.22. The Balaban J connectivity index is 1.81. The van der Waals surface area contributed by atoms with Gasteiger partial charge < -0.3 is 10.2 Å². The Morgan fingerprint density at radius 1 is 1.47 bits per heavy atom. The second kappa shape index (κ2) is 4.93. The van der Waals surface area contributed by atoms with Crippen molar-refractivity contribution >= 4 is 28.8 Å². The van der Waals surface area contributed by atoms with Crippen molar-refractivity contribution in [2.24, 2.45) is 0 Å². The Kier molecular flexibility index (Phi) is 3.13. The van der Waals surface area contributed by atoms with Gasteiger partial charge in [-0.15, -0.1) is 0 Å². The molecule has 0 unspecified atom stereocenters. The lowest BCUT2D eigenvalue weighted by Gasteiger charge is -2.30. The summed E-state index contributed by atoms with van der Waals surface area (Å²) in [5, 5.41) is 3.15. The van der Waals surface area contributed by atoms with Crippen molar-refractivity contribution < 1.29 is 4.79 Å². The number of rotatable bonds is 2. The van der Waals surface area contributed by atoms with Gasteiger partial charge in [-0.3, -0.25) is 4.79 Å². The van der Waals surface area contributed by atoms with Crippen LogP contribution in [-0.4, -0.2) is 33.9 Å². The van der Waals surface area contributed by atoms with Gasteiger partial charge in [0.15, 0.2) is 0 Å². The van der Waals surface area contributed by atoms with E-state index in [2.05, 4.69) is 10.3 Å². The number of carbonyl (C=O) groups is 1. The topological polar surface area (TPSA) is 45.2 Å². The van der Waals surface area contributed by atoms with E-state index in [1.54, 1.807) is 23.2 Å². The van der Waals surface area contributed by atoms with Crippen LogP contribution in [0, 0.1) is 0 Å². The van der Waals surface area contributed by atoms with Crippen molar-refractivity contribution in [2.75, 3.05) is 18.5 Å². The lowest BCUT2D eigenvalue weighted by molar-refractivity contribution is 0.0773. The molecule has 0 saturated heterocycles. The van der Waals surface area contributed by atoms with Crippen molar-refractivity contribution in [2.45, 2.75) is 6.42 Å². The zero-order valence-electron chi connectivity index (χ0n) is 10.3. The zero-order chi connectivity index (χ0) is 13.2. The number of carbonyl (C=O) groups excluding carboxylic acids is 1. The summed E-state index contributed by atoms with van der Waals surface area (Å²) in [5.74, 6) is 0.656. The van der Waals surface area contributed by atoms with E-state index in [1.165, 1.54) is 0 Å². The molecule has 0 bridgehead atoms. The third-order valence-corrected chi connectivity index (χ3v) is 3.65. The smallest absolute Gasteiger partial charge is 0.259 e. The van der Waals surface area contributed by atoms with Crippen molar-refractivity contribution in [3.63, 3.8) is 0 Å². The first kappa shape index (κ1) is 12.0. The summed E-state index contributed by atoms with van der Waals surface area (Å²) in [6.07, 6.45) is 8.47. The van der Waals surface area contributed by atoms with Crippen LogP contribution >= 0.6 is 12.2 Å². The maximum Gasteiger partial charge on any atom is 0.259 e. The van der Waals surface area contributed by atoms with Crippen molar-refractivity contribution in [1.29, 1.82) is 0 Å². The summed E-state index contributed by atoms with van der Waals surface area (Å²) in [4.78, 5) is 19.2. The molecule has 1 aromatic rings. The molecule has 0 atom stereocenters. The number of nitrogens with one attached hydrogen (secondary N) is 1. The molecular weight excluding hydrogens is 258 g/mol. The van der Waals surface area contributed by atoms with Gasteiger partial charge in [0.25, 0.3) is 5.91 Å². The Morgan fingerprint density at radius 2 is 2.37 bits per heavy atom. The molecule has 1 amide bonds. The molecule has 3 rings (SSSR count). The first-order valence-corrected chi connectivity index (χ1v) is 6.53. The highest BCUT2D eigenvalue weighted by molar-refractivity contribution is 7.80. The van der Waals surface area contributed by atoms with Crippen LogP contribution in [0.4, 0.5) is 5.82 Å². The number of hydrogen-bond donors (Lipinski definition) is 1. The minimum atomic E-state index is 0.0000954. The highest BCUT2D eigenvalue weighted by Crippen LogP contribution is 2.21. The SMILES string of the molecule is O=C1c2cccnc2NCN1CC1=CC=CCC1=S. The van der Waals surface area contributed by atoms with Gasteiger partial charge in [-0.2, -0.15) is 0 Å². The maximum atomic E-state index is 12.4. The summed E-state index contributed by atoms with van der Waals surface area (Å²) in [6, 6.07) is 3.56. The highest BCUT2D eigenvalue weighted by Gasteiger charge is 2.25. The average Bonchev–Trinajstić information content (AvgIpc) is 2.44. The Labute approximate surface area is 116 Å². The van der Waals surface area contributed by atoms with Crippen LogP contribution in [0.1, 0.15) is 16.8 Å². The molecule has 0 saturated carbocycles. The van der Waals surface area contributed by atoms with Crippen LogP contribution in [-0.2, 0) is 0 Å².